The van der Waals surface area contributed by atoms with E-state index in [-0.39, 0.29) is 0 Å². The van der Waals surface area contributed by atoms with Crippen LogP contribution in [0.3, 0.4) is 0 Å². The van der Waals surface area contributed by atoms with Gasteiger partial charge in [-0.15, -0.1) is 0 Å². The average molecular weight is 665 g/mol. The Hall–Kier alpha value is -7.04. The van der Waals surface area contributed by atoms with E-state index in [1.54, 1.807) is 0 Å². The molecule has 0 bridgehead atoms. The molecule has 2 heterocycles. The minimum atomic E-state index is 0.635. The third-order valence-electron chi connectivity index (χ3n) is 9.27. The Balaban J connectivity index is 1.27. The predicted molar refractivity (Wildman–Crippen MR) is 213 cm³/mol. The van der Waals surface area contributed by atoms with Crippen molar-refractivity contribution in [3.63, 3.8) is 0 Å². The van der Waals surface area contributed by atoms with Gasteiger partial charge in [0.2, 0.25) is 0 Å². The van der Waals surface area contributed by atoms with Crippen molar-refractivity contribution in [2.45, 2.75) is 0 Å². The van der Waals surface area contributed by atoms with E-state index in [1.165, 1.54) is 0 Å². The zero-order valence-corrected chi connectivity index (χ0v) is 28.3. The molecule has 7 aromatic carbocycles. The van der Waals surface area contributed by atoms with Gasteiger partial charge in [-0.05, 0) is 58.7 Å². The first-order chi connectivity index (χ1) is 25.7. The molecule has 0 radical (unpaired) electrons. The summed E-state index contributed by atoms with van der Waals surface area (Å²) in [6.45, 7) is 0. The summed E-state index contributed by atoms with van der Waals surface area (Å²) in [5, 5.41) is 1.00. The standard InChI is InChI=1S/C48H32N4/c1-6-16-33(17-7-1)38-26-27-43-42(31-38)46(37-24-14-5-15-25-37)52-48(49-43)41-29-39(34-18-8-2-9-19-34)28-40(30-41)47-50-44(35-20-10-3-11-21-35)32-45(51-47)36-22-12-4-13-23-36/h1-32H. The van der Waals surface area contributed by atoms with Gasteiger partial charge in [-0.1, -0.05) is 158 Å². The molecular formula is C48H32N4. The Bertz CT molecular complexity index is 2590. The zero-order valence-electron chi connectivity index (χ0n) is 28.3. The third kappa shape index (κ3) is 6.26. The van der Waals surface area contributed by atoms with Crippen LogP contribution in [0, 0.1) is 0 Å². The smallest absolute Gasteiger partial charge is 0.160 e. The number of nitrogens with zero attached hydrogens (tertiary/aromatic N) is 4. The van der Waals surface area contributed by atoms with Gasteiger partial charge < -0.3 is 0 Å². The lowest BCUT2D eigenvalue weighted by Gasteiger charge is -2.14. The number of benzene rings is 7. The zero-order chi connectivity index (χ0) is 34.7. The van der Waals surface area contributed by atoms with Crippen molar-refractivity contribution in [3.8, 4) is 78.8 Å². The number of hydrogen-bond donors (Lipinski definition) is 0. The SMILES string of the molecule is c1ccc(-c2cc(-c3nc(-c4ccccc4)cc(-c4ccccc4)n3)cc(-c3nc(-c4ccccc4)c4cc(-c5ccccc5)ccc4n3)c2)cc1. The second-order valence-corrected chi connectivity index (χ2v) is 12.7. The van der Waals surface area contributed by atoms with Crippen LogP contribution >= 0.6 is 0 Å². The topological polar surface area (TPSA) is 51.6 Å². The van der Waals surface area contributed by atoms with Crippen molar-refractivity contribution in [1.29, 1.82) is 0 Å². The van der Waals surface area contributed by atoms with E-state index < -0.39 is 0 Å². The van der Waals surface area contributed by atoms with Crippen molar-refractivity contribution in [1.82, 2.24) is 19.9 Å². The monoisotopic (exact) mass is 664 g/mol. The lowest BCUT2D eigenvalue weighted by molar-refractivity contribution is 1.18. The molecule has 0 unspecified atom stereocenters. The summed E-state index contributed by atoms with van der Waals surface area (Å²) in [7, 11) is 0. The van der Waals surface area contributed by atoms with Crippen molar-refractivity contribution in [2.75, 3.05) is 0 Å². The molecule has 0 N–H and O–H groups in total. The molecular weight excluding hydrogens is 633 g/mol. The van der Waals surface area contributed by atoms with Crippen LogP contribution in [0.4, 0.5) is 0 Å². The maximum atomic E-state index is 5.32. The maximum Gasteiger partial charge on any atom is 0.160 e. The van der Waals surface area contributed by atoms with Gasteiger partial charge in [0.25, 0.3) is 0 Å². The third-order valence-corrected chi connectivity index (χ3v) is 9.27. The van der Waals surface area contributed by atoms with Gasteiger partial charge in [-0.3, -0.25) is 0 Å². The van der Waals surface area contributed by atoms with E-state index in [0.29, 0.717) is 11.6 Å². The molecule has 0 aliphatic rings. The van der Waals surface area contributed by atoms with Crippen molar-refractivity contribution in [3.05, 3.63) is 194 Å². The van der Waals surface area contributed by atoms with Gasteiger partial charge in [0, 0.05) is 33.2 Å². The Morgan fingerprint density at radius 1 is 0.250 bits per heavy atom. The number of hydrogen-bond acceptors (Lipinski definition) is 4. The number of rotatable bonds is 7. The molecule has 0 amide bonds. The fourth-order valence-electron chi connectivity index (χ4n) is 6.66. The van der Waals surface area contributed by atoms with Gasteiger partial charge in [-0.2, -0.15) is 0 Å². The van der Waals surface area contributed by atoms with Crippen molar-refractivity contribution in [2.24, 2.45) is 0 Å². The minimum Gasteiger partial charge on any atom is -0.228 e. The summed E-state index contributed by atoms with van der Waals surface area (Å²) in [6.07, 6.45) is 0. The summed E-state index contributed by atoms with van der Waals surface area (Å²) >= 11 is 0. The fourth-order valence-corrected chi connectivity index (χ4v) is 6.66. The van der Waals surface area contributed by atoms with Crippen molar-refractivity contribution >= 4 is 10.9 Å². The summed E-state index contributed by atoms with van der Waals surface area (Å²) in [5.74, 6) is 1.27. The second-order valence-electron chi connectivity index (χ2n) is 12.7. The minimum absolute atomic E-state index is 0.635. The van der Waals surface area contributed by atoms with E-state index in [0.717, 1.165) is 78.1 Å². The first kappa shape index (κ1) is 31.0. The van der Waals surface area contributed by atoms with Crippen molar-refractivity contribution < 1.29 is 0 Å². The van der Waals surface area contributed by atoms with E-state index in [1.807, 2.05) is 54.6 Å². The van der Waals surface area contributed by atoms with Crippen LogP contribution in [0.2, 0.25) is 0 Å². The maximum absolute atomic E-state index is 5.32. The molecule has 0 saturated heterocycles. The summed E-state index contributed by atoms with van der Waals surface area (Å²) in [4.78, 5) is 20.9. The first-order valence-electron chi connectivity index (χ1n) is 17.4. The molecule has 0 spiro atoms. The average Bonchev–Trinajstić information content (AvgIpc) is 3.24. The molecule has 0 aliphatic heterocycles. The van der Waals surface area contributed by atoms with Crippen LogP contribution in [0.15, 0.2) is 194 Å². The number of aromatic nitrogens is 4. The normalized spacial score (nSPS) is 11.1. The van der Waals surface area contributed by atoms with Gasteiger partial charge in [0.15, 0.2) is 11.6 Å². The first-order valence-corrected chi connectivity index (χ1v) is 17.4. The Labute approximate surface area is 302 Å². The molecule has 244 valence electrons. The molecule has 0 fully saturated rings. The Kier molecular flexibility index (Phi) is 8.16. The van der Waals surface area contributed by atoms with Gasteiger partial charge >= 0.3 is 0 Å². The van der Waals surface area contributed by atoms with E-state index in [9.17, 15) is 0 Å². The quantitative estimate of drug-likeness (QED) is 0.170. The van der Waals surface area contributed by atoms with Gasteiger partial charge in [0.05, 0.1) is 22.6 Å². The fraction of sp³-hybridized carbons (Fsp3) is 0. The highest BCUT2D eigenvalue weighted by atomic mass is 14.9. The highest BCUT2D eigenvalue weighted by Crippen LogP contribution is 2.36. The van der Waals surface area contributed by atoms with Crippen LogP contribution in [-0.4, -0.2) is 19.9 Å². The summed E-state index contributed by atoms with van der Waals surface area (Å²) < 4.78 is 0. The van der Waals surface area contributed by atoms with E-state index in [2.05, 4.69) is 140 Å². The molecule has 4 nitrogen and oxygen atoms in total. The predicted octanol–water partition coefficient (Wildman–Crippen LogP) is 12.1. The van der Waals surface area contributed by atoms with Crippen LogP contribution in [-0.2, 0) is 0 Å². The van der Waals surface area contributed by atoms with Crippen LogP contribution in [0.1, 0.15) is 0 Å². The molecule has 52 heavy (non-hydrogen) atoms. The van der Waals surface area contributed by atoms with Gasteiger partial charge in [-0.25, -0.2) is 19.9 Å². The Morgan fingerprint density at radius 3 is 1.19 bits per heavy atom. The lowest BCUT2D eigenvalue weighted by Crippen LogP contribution is -1.99. The molecule has 0 aliphatic carbocycles. The van der Waals surface area contributed by atoms with E-state index >= 15 is 0 Å². The van der Waals surface area contributed by atoms with Crippen LogP contribution in [0.5, 0.6) is 0 Å². The van der Waals surface area contributed by atoms with Crippen LogP contribution in [0.25, 0.3) is 89.7 Å². The van der Waals surface area contributed by atoms with Gasteiger partial charge in [0.1, 0.15) is 0 Å². The molecule has 0 saturated carbocycles. The second kappa shape index (κ2) is 13.7. The Morgan fingerprint density at radius 2 is 0.673 bits per heavy atom. The molecule has 0 atom stereocenters. The molecule has 9 aromatic rings. The summed E-state index contributed by atoms with van der Waals surface area (Å²) in [5.41, 5.74) is 12.8. The summed E-state index contributed by atoms with van der Waals surface area (Å²) in [6, 6.07) is 66.8. The lowest BCUT2D eigenvalue weighted by atomic mass is 9.97. The highest BCUT2D eigenvalue weighted by Gasteiger charge is 2.17. The molecule has 4 heteroatoms. The molecule has 9 rings (SSSR count). The largest absolute Gasteiger partial charge is 0.228 e. The highest BCUT2D eigenvalue weighted by molar-refractivity contribution is 5.96. The molecule has 2 aromatic heterocycles. The van der Waals surface area contributed by atoms with Crippen LogP contribution < -0.4 is 0 Å². The van der Waals surface area contributed by atoms with E-state index in [4.69, 9.17) is 19.9 Å². The number of fused-ring (bicyclic) bond motifs is 1.